The lowest BCUT2D eigenvalue weighted by Gasteiger charge is -2.21. The number of nitrogens with zero attached hydrogens (tertiary/aromatic N) is 1. The summed E-state index contributed by atoms with van der Waals surface area (Å²) in [6, 6.07) is 8.22. The van der Waals surface area contributed by atoms with E-state index < -0.39 is 0 Å². The molecule has 0 saturated heterocycles. The molecule has 2 heteroatoms. The van der Waals surface area contributed by atoms with Crippen LogP contribution in [0.15, 0.2) is 24.3 Å². The highest BCUT2D eigenvalue weighted by Crippen LogP contribution is 2.25. The number of hydrogen-bond acceptors (Lipinski definition) is 2. The van der Waals surface area contributed by atoms with Crippen LogP contribution in [0.25, 0.3) is 0 Å². The van der Waals surface area contributed by atoms with Crippen molar-refractivity contribution in [2.75, 3.05) is 20.2 Å². The largest absolute Gasteiger partial charge is 0.384 e. The second-order valence-electron chi connectivity index (χ2n) is 5.46. The average molecular weight is 257 g/mol. The van der Waals surface area contributed by atoms with E-state index in [1.54, 1.807) is 0 Å². The first-order chi connectivity index (χ1) is 9.29. The zero-order valence-electron chi connectivity index (χ0n) is 11.7. The number of rotatable bonds is 4. The van der Waals surface area contributed by atoms with Crippen LogP contribution in [0.1, 0.15) is 36.8 Å². The van der Waals surface area contributed by atoms with Gasteiger partial charge in [0.2, 0.25) is 0 Å². The highest BCUT2D eigenvalue weighted by atomic mass is 16.2. The maximum absolute atomic E-state index is 8.81. The SMILES string of the molecule is CN(Cc1ccccc1C#CCO)CC1CCCC1. The molecule has 1 aliphatic rings. The van der Waals surface area contributed by atoms with Gasteiger partial charge in [-0.25, -0.2) is 0 Å². The smallest absolute Gasteiger partial charge is 0.104 e. The molecule has 1 aromatic carbocycles. The first kappa shape index (κ1) is 14.1. The molecule has 1 N–H and O–H groups in total. The zero-order chi connectivity index (χ0) is 13.5. The maximum atomic E-state index is 8.81. The highest BCUT2D eigenvalue weighted by Gasteiger charge is 2.17. The van der Waals surface area contributed by atoms with E-state index in [4.69, 9.17) is 5.11 Å². The molecule has 1 saturated carbocycles. The van der Waals surface area contributed by atoms with Crippen LogP contribution in [0.5, 0.6) is 0 Å². The summed E-state index contributed by atoms with van der Waals surface area (Å²) in [5.74, 6) is 6.65. The third kappa shape index (κ3) is 4.38. The molecule has 0 unspecified atom stereocenters. The molecule has 0 atom stereocenters. The lowest BCUT2D eigenvalue weighted by Crippen LogP contribution is -2.24. The number of benzene rings is 1. The van der Waals surface area contributed by atoms with Crippen molar-refractivity contribution in [1.29, 1.82) is 0 Å². The van der Waals surface area contributed by atoms with Gasteiger partial charge in [-0.2, -0.15) is 0 Å². The summed E-state index contributed by atoms with van der Waals surface area (Å²) in [5.41, 5.74) is 2.29. The van der Waals surface area contributed by atoms with Crippen LogP contribution in [-0.2, 0) is 6.54 Å². The van der Waals surface area contributed by atoms with Crippen LogP contribution in [0, 0.1) is 17.8 Å². The summed E-state index contributed by atoms with van der Waals surface area (Å²) < 4.78 is 0. The fraction of sp³-hybridized carbons (Fsp3) is 0.529. The third-order valence-corrected chi connectivity index (χ3v) is 3.80. The number of hydrogen-bond donors (Lipinski definition) is 1. The van der Waals surface area contributed by atoms with Gasteiger partial charge in [0.1, 0.15) is 6.61 Å². The van der Waals surface area contributed by atoms with Gasteiger partial charge in [0.15, 0.2) is 0 Å². The van der Waals surface area contributed by atoms with Crippen LogP contribution in [0.4, 0.5) is 0 Å². The van der Waals surface area contributed by atoms with E-state index in [1.807, 2.05) is 12.1 Å². The molecule has 19 heavy (non-hydrogen) atoms. The summed E-state index contributed by atoms with van der Waals surface area (Å²) in [4.78, 5) is 2.40. The summed E-state index contributed by atoms with van der Waals surface area (Å²) in [6.45, 7) is 2.04. The standard InChI is InChI=1S/C17H23NO/c1-18(13-15-7-2-3-8-15)14-17-10-5-4-9-16(17)11-6-12-19/h4-5,9-10,15,19H,2-3,7-8,12-14H2,1H3. The average Bonchev–Trinajstić information content (AvgIpc) is 2.90. The Balaban J connectivity index is 1.97. The van der Waals surface area contributed by atoms with Crippen molar-refractivity contribution >= 4 is 0 Å². The second-order valence-corrected chi connectivity index (χ2v) is 5.46. The lowest BCUT2D eigenvalue weighted by molar-refractivity contribution is 0.271. The van der Waals surface area contributed by atoms with Crippen LogP contribution >= 0.6 is 0 Å². The van der Waals surface area contributed by atoms with Crippen LogP contribution in [0.2, 0.25) is 0 Å². The molecule has 0 bridgehead atoms. The van der Waals surface area contributed by atoms with E-state index in [0.717, 1.165) is 18.0 Å². The molecular formula is C17H23NO. The van der Waals surface area contributed by atoms with E-state index >= 15 is 0 Å². The molecule has 0 aromatic heterocycles. The fourth-order valence-electron chi connectivity index (χ4n) is 2.90. The molecule has 2 nitrogen and oxygen atoms in total. The molecular weight excluding hydrogens is 234 g/mol. The molecule has 0 heterocycles. The van der Waals surface area contributed by atoms with Gasteiger partial charge in [0.05, 0.1) is 0 Å². The predicted octanol–water partition coefficient (Wildman–Crippen LogP) is 2.65. The minimum atomic E-state index is -0.0771. The molecule has 1 aromatic rings. The van der Waals surface area contributed by atoms with Crippen molar-refractivity contribution < 1.29 is 5.11 Å². The Morgan fingerprint density at radius 1 is 1.26 bits per heavy atom. The maximum Gasteiger partial charge on any atom is 0.104 e. The van der Waals surface area contributed by atoms with E-state index in [1.165, 1.54) is 37.8 Å². The summed E-state index contributed by atoms with van der Waals surface area (Å²) in [6.07, 6.45) is 5.57. The molecule has 102 valence electrons. The van der Waals surface area contributed by atoms with Gasteiger partial charge in [0, 0.05) is 18.7 Å². The van der Waals surface area contributed by atoms with Gasteiger partial charge < -0.3 is 10.0 Å². The van der Waals surface area contributed by atoms with Gasteiger partial charge in [-0.1, -0.05) is 42.9 Å². The van der Waals surface area contributed by atoms with Gasteiger partial charge in [-0.05, 0) is 37.4 Å². The Labute approximate surface area is 116 Å². The summed E-state index contributed by atoms with van der Waals surface area (Å²) >= 11 is 0. The number of aliphatic hydroxyl groups is 1. The van der Waals surface area contributed by atoms with E-state index in [0.29, 0.717) is 0 Å². The Morgan fingerprint density at radius 2 is 2.00 bits per heavy atom. The van der Waals surface area contributed by atoms with Crippen molar-refractivity contribution in [3.63, 3.8) is 0 Å². The Kier molecular flexibility index (Phi) is 5.44. The highest BCUT2D eigenvalue weighted by molar-refractivity contribution is 5.41. The van der Waals surface area contributed by atoms with Crippen LogP contribution in [0.3, 0.4) is 0 Å². The van der Waals surface area contributed by atoms with Gasteiger partial charge >= 0.3 is 0 Å². The predicted molar refractivity (Wildman–Crippen MR) is 78.7 cm³/mol. The quantitative estimate of drug-likeness (QED) is 0.838. The van der Waals surface area contributed by atoms with Crippen LogP contribution < -0.4 is 0 Å². The van der Waals surface area contributed by atoms with Crippen molar-refractivity contribution in [1.82, 2.24) is 4.90 Å². The van der Waals surface area contributed by atoms with Crippen molar-refractivity contribution in [3.05, 3.63) is 35.4 Å². The third-order valence-electron chi connectivity index (χ3n) is 3.80. The summed E-state index contributed by atoms with van der Waals surface area (Å²) in [7, 11) is 2.19. The zero-order valence-corrected chi connectivity index (χ0v) is 11.7. The van der Waals surface area contributed by atoms with Gasteiger partial charge in [0.25, 0.3) is 0 Å². The monoisotopic (exact) mass is 257 g/mol. The second kappa shape index (κ2) is 7.33. The molecule has 0 radical (unpaired) electrons. The fourth-order valence-corrected chi connectivity index (χ4v) is 2.90. The van der Waals surface area contributed by atoms with Gasteiger partial charge in [-0.15, -0.1) is 0 Å². The molecule has 2 rings (SSSR count). The molecule has 0 spiro atoms. The minimum Gasteiger partial charge on any atom is -0.384 e. The Morgan fingerprint density at radius 3 is 2.74 bits per heavy atom. The van der Waals surface area contributed by atoms with Crippen LogP contribution in [-0.4, -0.2) is 30.2 Å². The van der Waals surface area contributed by atoms with E-state index in [2.05, 4.69) is 35.9 Å². The van der Waals surface area contributed by atoms with E-state index in [9.17, 15) is 0 Å². The van der Waals surface area contributed by atoms with Crippen molar-refractivity contribution in [2.24, 2.45) is 5.92 Å². The summed E-state index contributed by atoms with van der Waals surface area (Å²) in [5, 5.41) is 8.81. The number of aliphatic hydroxyl groups excluding tert-OH is 1. The topological polar surface area (TPSA) is 23.5 Å². The van der Waals surface area contributed by atoms with E-state index in [-0.39, 0.29) is 6.61 Å². The Bertz CT molecular complexity index is 452. The van der Waals surface area contributed by atoms with Crippen molar-refractivity contribution in [2.45, 2.75) is 32.2 Å². The molecule has 0 aliphatic heterocycles. The molecule has 1 fully saturated rings. The lowest BCUT2D eigenvalue weighted by atomic mass is 10.1. The minimum absolute atomic E-state index is 0.0771. The molecule has 1 aliphatic carbocycles. The Hall–Kier alpha value is -1.30. The van der Waals surface area contributed by atoms with Crippen molar-refractivity contribution in [3.8, 4) is 11.8 Å². The normalized spacial score (nSPS) is 15.5. The first-order valence-electron chi connectivity index (χ1n) is 7.16. The van der Waals surface area contributed by atoms with Gasteiger partial charge in [-0.3, -0.25) is 0 Å². The first-order valence-corrected chi connectivity index (χ1v) is 7.16. The molecule has 0 amide bonds.